The molecule has 2 N–H and O–H groups in total. The Morgan fingerprint density at radius 3 is 2.33 bits per heavy atom. The van der Waals surface area contributed by atoms with E-state index in [1.54, 1.807) is 0 Å². The van der Waals surface area contributed by atoms with Crippen LogP contribution in [0.25, 0.3) is 0 Å². The van der Waals surface area contributed by atoms with Crippen molar-refractivity contribution in [2.75, 3.05) is 13.2 Å². The van der Waals surface area contributed by atoms with Gasteiger partial charge in [0, 0.05) is 0 Å². The van der Waals surface area contributed by atoms with Gasteiger partial charge in [0.25, 0.3) is 0 Å². The Hall–Kier alpha value is 0.610. The molecule has 3 nitrogen and oxygen atoms in total. The first-order valence-corrected chi connectivity index (χ1v) is 3.89. The highest BCUT2D eigenvalue weighted by Crippen LogP contribution is 2.18. The number of nitrogens with two attached hydrogens (primary N) is 1. The van der Waals surface area contributed by atoms with E-state index in [1.807, 2.05) is 6.92 Å². The van der Waals surface area contributed by atoms with Crippen LogP contribution in [0.3, 0.4) is 0 Å². The predicted octanol–water partition coefficient (Wildman–Crippen LogP) is 0.469. The average molecular weight is 243 g/mol. The smallest absolute Gasteiger partial charge is 0.155 e. The van der Waals surface area contributed by atoms with E-state index in [1.165, 1.54) is 0 Å². The van der Waals surface area contributed by atoms with Gasteiger partial charge >= 0.3 is 0 Å². The van der Waals surface area contributed by atoms with Gasteiger partial charge in [-0.25, -0.2) is 0 Å². The molecule has 0 unspecified atom stereocenters. The van der Waals surface area contributed by atoms with E-state index in [4.69, 9.17) is 15.2 Å². The first-order valence-electron chi connectivity index (χ1n) is 2.81. The summed E-state index contributed by atoms with van der Waals surface area (Å²) in [6, 6.07) is 0. The average Bonchev–Trinajstić information content (AvgIpc) is 1.78. The number of rotatable bonds is 0. The van der Waals surface area contributed by atoms with Crippen LogP contribution >= 0.6 is 22.6 Å². The minimum Gasteiger partial charge on any atom is -0.350 e. The van der Waals surface area contributed by atoms with Crippen molar-refractivity contribution in [3.05, 3.63) is 0 Å². The third-order valence-corrected chi connectivity index (χ3v) is 1.74. The van der Waals surface area contributed by atoms with Crippen molar-refractivity contribution in [3.63, 3.8) is 0 Å². The number of halogens is 1. The van der Waals surface area contributed by atoms with Crippen molar-refractivity contribution in [1.82, 2.24) is 0 Å². The maximum absolute atomic E-state index is 5.68. The van der Waals surface area contributed by atoms with Crippen LogP contribution < -0.4 is 5.73 Å². The number of hydrogen-bond donors (Lipinski definition) is 1. The molecule has 0 atom stereocenters. The molecule has 0 amide bonds. The number of hydrogen-bond acceptors (Lipinski definition) is 3. The maximum atomic E-state index is 5.68. The van der Waals surface area contributed by atoms with Crippen LogP contribution in [0.5, 0.6) is 0 Å². The van der Waals surface area contributed by atoms with E-state index < -0.39 is 0 Å². The first kappa shape index (κ1) is 7.71. The fourth-order valence-corrected chi connectivity index (χ4v) is 0.961. The van der Waals surface area contributed by atoms with E-state index in [-0.39, 0.29) is 9.84 Å². The molecular formula is C5H10INO2. The summed E-state index contributed by atoms with van der Waals surface area (Å²) in [4.78, 5) is 0. The third kappa shape index (κ3) is 2.37. The Morgan fingerprint density at radius 1 is 1.56 bits per heavy atom. The second kappa shape index (κ2) is 2.69. The first-order chi connectivity index (χ1) is 4.10. The van der Waals surface area contributed by atoms with Crippen molar-refractivity contribution in [3.8, 4) is 0 Å². The standard InChI is InChI=1S/C5H10INO2/c1-4-8-2-5(6,7)3-9-4/h4H,2-3,7H2,1H3. The Bertz CT molecular complexity index is 97.1. The lowest BCUT2D eigenvalue weighted by molar-refractivity contribution is -0.177. The molecule has 0 aromatic heterocycles. The zero-order valence-electron chi connectivity index (χ0n) is 5.26. The Kier molecular flexibility index (Phi) is 2.31. The zero-order valence-corrected chi connectivity index (χ0v) is 7.42. The monoisotopic (exact) mass is 243 g/mol. The van der Waals surface area contributed by atoms with Gasteiger partial charge in [0.1, 0.15) is 3.55 Å². The molecule has 1 heterocycles. The van der Waals surface area contributed by atoms with Gasteiger partial charge in [0.2, 0.25) is 0 Å². The van der Waals surface area contributed by atoms with Crippen molar-refractivity contribution >= 4 is 22.6 Å². The van der Waals surface area contributed by atoms with Gasteiger partial charge in [0.05, 0.1) is 13.2 Å². The molecule has 1 saturated heterocycles. The molecule has 4 heteroatoms. The van der Waals surface area contributed by atoms with Gasteiger partial charge in [-0.3, -0.25) is 0 Å². The molecule has 0 bridgehead atoms. The van der Waals surface area contributed by atoms with Crippen LogP contribution in [0.15, 0.2) is 0 Å². The SMILES string of the molecule is CC1OCC(N)(I)CO1. The van der Waals surface area contributed by atoms with Crippen LogP contribution in [0, 0.1) is 0 Å². The molecule has 1 fully saturated rings. The number of ether oxygens (including phenoxy) is 2. The lowest BCUT2D eigenvalue weighted by atomic mass is 10.3. The molecule has 1 rings (SSSR count). The molecule has 0 radical (unpaired) electrons. The predicted molar refractivity (Wildman–Crippen MR) is 42.3 cm³/mol. The van der Waals surface area contributed by atoms with E-state index in [2.05, 4.69) is 22.6 Å². The third-order valence-electron chi connectivity index (χ3n) is 1.12. The van der Waals surface area contributed by atoms with Gasteiger partial charge in [0.15, 0.2) is 6.29 Å². The lowest BCUT2D eigenvalue weighted by Crippen LogP contribution is -2.48. The fraction of sp³-hybridized carbons (Fsp3) is 1.00. The van der Waals surface area contributed by atoms with Gasteiger partial charge in [-0.15, -0.1) is 0 Å². The van der Waals surface area contributed by atoms with Crippen molar-refractivity contribution in [1.29, 1.82) is 0 Å². The molecule has 0 aromatic carbocycles. The Morgan fingerprint density at radius 2 is 2.00 bits per heavy atom. The highest BCUT2D eigenvalue weighted by molar-refractivity contribution is 14.1. The lowest BCUT2D eigenvalue weighted by Gasteiger charge is -2.31. The Labute approximate surface area is 68.0 Å². The van der Waals surface area contributed by atoms with E-state index in [0.717, 1.165) is 0 Å². The highest BCUT2D eigenvalue weighted by Gasteiger charge is 2.28. The minimum absolute atomic E-state index is 0.0866. The van der Waals surface area contributed by atoms with Gasteiger partial charge in [-0.2, -0.15) is 0 Å². The van der Waals surface area contributed by atoms with Crippen LogP contribution in [0.1, 0.15) is 6.92 Å². The van der Waals surface area contributed by atoms with Crippen LogP contribution in [0.2, 0.25) is 0 Å². The highest BCUT2D eigenvalue weighted by atomic mass is 127. The summed E-state index contributed by atoms with van der Waals surface area (Å²) in [6.45, 7) is 3.02. The summed E-state index contributed by atoms with van der Waals surface area (Å²) in [5, 5.41) is 0. The van der Waals surface area contributed by atoms with Gasteiger partial charge in [-0.05, 0) is 6.92 Å². The summed E-state index contributed by atoms with van der Waals surface area (Å²) in [6.07, 6.45) is -0.0866. The maximum Gasteiger partial charge on any atom is 0.155 e. The summed E-state index contributed by atoms with van der Waals surface area (Å²) in [7, 11) is 0. The normalized spacial score (nSPS) is 45.0. The van der Waals surface area contributed by atoms with E-state index in [9.17, 15) is 0 Å². The molecule has 1 aliphatic heterocycles. The van der Waals surface area contributed by atoms with E-state index >= 15 is 0 Å². The largest absolute Gasteiger partial charge is 0.350 e. The van der Waals surface area contributed by atoms with E-state index in [0.29, 0.717) is 13.2 Å². The number of alkyl halides is 1. The second-order valence-electron chi connectivity index (χ2n) is 2.22. The van der Waals surface area contributed by atoms with Gasteiger partial charge in [-0.1, -0.05) is 22.6 Å². The second-order valence-corrected chi connectivity index (χ2v) is 4.37. The molecule has 54 valence electrons. The summed E-state index contributed by atoms with van der Waals surface area (Å²) < 4.78 is 9.96. The molecule has 0 aliphatic carbocycles. The molecular weight excluding hydrogens is 233 g/mol. The van der Waals surface area contributed by atoms with Gasteiger partial charge < -0.3 is 15.2 Å². The van der Waals surface area contributed by atoms with Crippen molar-refractivity contribution < 1.29 is 9.47 Å². The fourth-order valence-electron chi connectivity index (χ4n) is 0.602. The summed E-state index contributed by atoms with van der Waals surface area (Å²) in [5.74, 6) is 0. The topological polar surface area (TPSA) is 44.5 Å². The van der Waals surface area contributed by atoms with Crippen LogP contribution in [0.4, 0.5) is 0 Å². The summed E-state index contributed by atoms with van der Waals surface area (Å²) in [5.41, 5.74) is 5.68. The molecule has 0 aromatic rings. The Balaban J connectivity index is 2.35. The minimum atomic E-state index is -0.315. The molecule has 9 heavy (non-hydrogen) atoms. The van der Waals surface area contributed by atoms with Crippen molar-refractivity contribution in [2.45, 2.75) is 16.8 Å². The molecule has 1 aliphatic rings. The van der Waals surface area contributed by atoms with Crippen LogP contribution in [-0.4, -0.2) is 23.0 Å². The summed E-state index contributed by atoms with van der Waals surface area (Å²) >= 11 is 2.13. The quantitative estimate of drug-likeness (QED) is 0.382. The van der Waals surface area contributed by atoms with Crippen molar-refractivity contribution in [2.24, 2.45) is 5.73 Å². The zero-order chi connectivity index (χ0) is 6.91. The molecule has 0 spiro atoms. The molecule has 0 saturated carbocycles. The van der Waals surface area contributed by atoms with Crippen LogP contribution in [-0.2, 0) is 9.47 Å².